The van der Waals surface area contributed by atoms with Crippen molar-refractivity contribution >= 4 is 17.5 Å². The van der Waals surface area contributed by atoms with Crippen molar-refractivity contribution < 1.29 is 9.53 Å². The van der Waals surface area contributed by atoms with Gasteiger partial charge in [-0.05, 0) is 38.1 Å². The van der Waals surface area contributed by atoms with Gasteiger partial charge in [0.25, 0.3) is 5.91 Å². The Morgan fingerprint density at radius 3 is 2.79 bits per heavy atom. The van der Waals surface area contributed by atoms with E-state index in [4.69, 9.17) is 16.3 Å². The molecule has 1 aromatic carbocycles. The summed E-state index contributed by atoms with van der Waals surface area (Å²) in [6.45, 7) is 1.96. The minimum Gasteiger partial charge on any atom is -0.482 e. The summed E-state index contributed by atoms with van der Waals surface area (Å²) in [4.78, 5) is 13.9. The van der Waals surface area contributed by atoms with Crippen LogP contribution in [0.2, 0.25) is 5.02 Å². The summed E-state index contributed by atoms with van der Waals surface area (Å²) in [6, 6.07) is 7.49. The molecule has 1 fully saturated rings. The maximum Gasteiger partial charge on any atom is 0.260 e. The van der Waals surface area contributed by atoms with E-state index in [1.807, 2.05) is 19.2 Å². The molecule has 1 amide bonds. The molecule has 0 spiro atoms. The molecule has 0 bridgehead atoms. The van der Waals surface area contributed by atoms with Gasteiger partial charge in [-0.3, -0.25) is 4.79 Å². The summed E-state index contributed by atoms with van der Waals surface area (Å²) in [7, 11) is 1.84. The molecule has 19 heavy (non-hydrogen) atoms. The quantitative estimate of drug-likeness (QED) is 0.917. The summed E-state index contributed by atoms with van der Waals surface area (Å²) in [6.07, 6.45) is 1.99. The molecule has 0 aromatic heterocycles. The molecule has 4 nitrogen and oxygen atoms in total. The van der Waals surface area contributed by atoms with Crippen LogP contribution in [0, 0.1) is 0 Å². The minimum atomic E-state index is -0.00757. The average Bonchev–Trinajstić information content (AvgIpc) is 2.46. The number of carbonyl (C=O) groups is 1. The van der Waals surface area contributed by atoms with Crippen molar-refractivity contribution in [2.45, 2.75) is 18.9 Å². The monoisotopic (exact) mass is 282 g/mol. The number of hydrogen-bond donors (Lipinski definition) is 1. The van der Waals surface area contributed by atoms with Crippen molar-refractivity contribution in [3.05, 3.63) is 29.3 Å². The van der Waals surface area contributed by atoms with Gasteiger partial charge < -0.3 is 15.0 Å². The summed E-state index contributed by atoms with van der Waals surface area (Å²) in [5, 5.41) is 3.81. The smallest absolute Gasteiger partial charge is 0.260 e. The van der Waals surface area contributed by atoms with Gasteiger partial charge in [-0.2, -0.15) is 0 Å². The predicted molar refractivity (Wildman–Crippen MR) is 75.6 cm³/mol. The number of rotatable bonds is 4. The molecule has 2 rings (SSSR count). The lowest BCUT2D eigenvalue weighted by molar-refractivity contribution is -0.134. The number of benzene rings is 1. The van der Waals surface area contributed by atoms with Gasteiger partial charge in [0.15, 0.2) is 6.61 Å². The van der Waals surface area contributed by atoms with Gasteiger partial charge in [0.2, 0.25) is 0 Å². The lowest BCUT2D eigenvalue weighted by Gasteiger charge is -2.31. The number of amides is 1. The van der Waals surface area contributed by atoms with E-state index in [0.717, 1.165) is 25.9 Å². The molecule has 1 heterocycles. The number of piperidine rings is 1. The zero-order valence-electron chi connectivity index (χ0n) is 11.1. The Morgan fingerprint density at radius 2 is 2.11 bits per heavy atom. The molecule has 1 N–H and O–H groups in total. The number of ether oxygens (including phenoxy) is 1. The van der Waals surface area contributed by atoms with Crippen LogP contribution in [-0.2, 0) is 4.79 Å². The third kappa shape index (κ3) is 3.85. The number of nitrogens with zero attached hydrogens (tertiary/aromatic N) is 1. The molecule has 1 aliphatic heterocycles. The SMILES string of the molecule is CN(C(=O)COc1ccccc1Cl)C1CCNCC1. The van der Waals surface area contributed by atoms with Gasteiger partial charge in [0.05, 0.1) is 5.02 Å². The number of halogens is 1. The fourth-order valence-corrected chi connectivity index (χ4v) is 2.39. The van der Waals surface area contributed by atoms with Crippen molar-refractivity contribution in [2.75, 3.05) is 26.7 Å². The Labute approximate surface area is 118 Å². The molecule has 1 aliphatic rings. The Hall–Kier alpha value is -1.26. The Kier molecular flexibility index (Phi) is 5.05. The first-order chi connectivity index (χ1) is 9.18. The summed E-state index contributed by atoms with van der Waals surface area (Å²) in [5.41, 5.74) is 0. The van der Waals surface area contributed by atoms with E-state index >= 15 is 0 Å². The van der Waals surface area contributed by atoms with Gasteiger partial charge in [-0.15, -0.1) is 0 Å². The van der Waals surface area contributed by atoms with Crippen molar-refractivity contribution in [2.24, 2.45) is 0 Å². The highest BCUT2D eigenvalue weighted by Gasteiger charge is 2.22. The second kappa shape index (κ2) is 6.78. The van der Waals surface area contributed by atoms with Crippen LogP contribution < -0.4 is 10.1 Å². The number of likely N-dealkylation sites (N-methyl/N-ethyl adjacent to an activating group) is 1. The number of nitrogens with one attached hydrogen (secondary N) is 1. The predicted octanol–water partition coefficient (Wildman–Crippen LogP) is 1.93. The number of para-hydroxylation sites is 1. The molecule has 1 aromatic rings. The highest BCUT2D eigenvalue weighted by atomic mass is 35.5. The van der Waals surface area contributed by atoms with Gasteiger partial charge >= 0.3 is 0 Å². The van der Waals surface area contributed by atoms with Crippen LogP contribution in [0.25, 0.3) is 0 Å². The molecule has 0 aliphatic carbocycles. The zero-order chi connectivity index (χ0) is 13.7. The third-order valence-corrected chi connectivity index (χ3v) is 3.75. The van der Waals surface area contributed by atoms with Gasteiger partial charge in [0.1, 0.15) is 5.75 Å². The van der Waals surface area contributed by atoms with Crippen LogP contribution >= 0.6 is 11.6 Å². The van der Waals surface area contributed by atoms with Crippen molar-refractivity contribution in [3.8, 4) is 5.75 Å². The fraction of sp³-hybridized carbons (Fsp3) is 0.500. The maximum atomic E-state index is 12.1. The number of carbonyl (C=O) groups excluding carboxylic acids is 1. The lowest BCUT2D eigenvalue weighted by atomic mass is 10.1. The van der Waals surface area contributed by atoms with Gasteiger partial charge in [-0.1, -0.05) is 23.7 Å². The first kappa shape index (κ1) is 14.2. The van der Waals surface area contributed by atoms with Crippen LogP contribution in [0.4, 0.5) is 0 Å². The molecule has 5 heteroatoms. The van der Waals surface area contributed by atoms with Crippen LogP contribution in [0.15, 0.2) is 24.3 Å². The Bertz CT molecular complexity index is 433. The van der Waals surface area contributed by atoms with E-state index in [1.165, 1.54) is 0 Å². The van der Waals surface area contributed by atoms with E-state index in [1.54, 1.807) is 17.0 Å². The van der Waals surface area contributed by atoms with E-state index in [9.17, 15) is 4.79 Å². The zero-order valence-corrected chi connectivity index (χ0v) is 11.8. The molecule has 0 radical (unpaired) electrons. The fourth-order valence-electron chi connectivity index (χ4n) is 2.20. The summed E-state index contributed by atoms with van der Waals surface area (Å²) >= 11 is 5.98. The second-order valence-corrected chi connectivity index (χ2v) is 5.11. The summed E-state index contributed by atoms with van der Waals surface area (Å²) < 4.78 is 5.47. The van der Waals surface area contributed by atoms with Crippen LogP contribution in [0.3, 0.4) is 0 Å². The molecule has 0 saturated carbocycles. The molecule has 0 unspecified atom stereocenters. The van der Waals surface area contributed by atoms with E-state index in [-0.39, 0.29) is 12.5 Å². The highest BCUT2D eigenvalue weighted by Crippen LogP contribution is 2.23. The van der Waals surface area contributed by atoms with Crippen LogP contribution in [0.1, 0.15) is 12.8 Å². The topological polar surface area (TPSA) is 41.6 Å². The summed E-state index contributed by atoms with van der Waals surface area (Å²) in [5.74, 6) is 0.544. The molecule has 104 valence electrons. The Balaban J connectivity index is 1.85. The van der Waals surface area contributed by atoms with E-state index < -0.39 is 0 Å². The molecular weight excluding hydrogens is 264 g/mol. The Morgan fingerprint density at radius 1 is 1.42 bits per heavy atom. The van der Waals surface area contributed by atoms with Crippen molar-refractivity contribution in [1.82, 2.24) is 10.2 Å². The number of hydrogen-bond acceptors (Lipinski definition) is 3. The largest absolute Gasteiger partial charge is 0.482 e. The minimum absolute atomic E-state index is 0.00757. The lowest BCUT2D eigenvalue weighted by Crippen LogP contribution is -2.45. The normalized spacial score (nSPS) is 16.1. The van der Waals surface area contributed by atoms with Crippen LogP contribution in [0.5, 0.6) is 5.75 Å². The van der Waals surface area contributed by atoms with Crippen LogP contribution in [-0.4, -0.2) is 43.6 Å². The van der Waals surface area contributed by atoms with Gasteiger partial charge in [0, 0.05) is 13.1 Å². The maximum absolute atomic E-state index is 12.1. The van der Waals surface area contributed by atoms with E-state index in [2.05, 4.69) is 5.32 Å². The first-order valence-corrected chi connectivity index (χ1v) is 6.90. The highest BCUT2D eigenvalue weighted by molar-refractivity contribution is 6.32. The third-order valence-electron chi connectivity index (χ3n) is 3.44. The second-order valence-electron chi connectivity index (χ2n) is 4.70. The van der Waals surface area contributed by atoms with Crippen molar-refractivity contribution in [3.63, 3.8) is 0 Å². The van der Waals surface area contributed by atoms with Crippen molar-refractivity contribution in [1.29, 1.82) is 0 Å². The average molecular weight is 283 g/mol. The first-order valence-electron chi connectivity index (χ1n) is 6.52. The molecule has 0 atom stereocenters. The standard InChI is InChI=1S/C14H19ClN2O2/c1-17(11-6-8-16-9-7-11)14(18)10-19-13-5-3-2-4-12(13)15/h2-5,11,16H,6-10H2,1H3. The molecular formula is C14H19ClN2O2. The van der Waals surface area contributed by atoms with E-state index in [0.29, 0.717) is 16.8 Å². The van der Waals surface area contributed by atoms with Gasteiger partial charge in [-0.25, -0.2) is 0 Å². The molecule has 1 saturated heterocycles.